The Balaban J connectivity index is 0.000000561. The zero-order valence-corrected chi connectivity index (χ0v) is 6.05. The SMILES string of the molecule is FC(F)(F)c1ccccc1.[B]O. The minimum Gasteiger partial charge on any atom is -0.461 e. The van der Waals surface area contributed by atoms with Gasteiger partial charge in [0, 0.05) is 0 Å². The molecule has 0 amide bonds. The first-order chi connectivity index (χ1) is 5.61. The maximum atomic E-state index is 11.8. The van der Waals surface area contributed by atoms with Crippen LogP contribution in [0, 0.1) is 0 Å². The van der Waals surface area contributed by atoms with Crippen molar-refractivity contribution in [1.82, 2.24) is 0 Å². The van der Waals surface area contributed by atoms with E-state index in [-0.39, 0.29) is 0 Å². The van der Waals surface area contributed by atoms with Crippen molar-refractivity contribution in [3.63, 3.8) is 0 Å². The molecule has 0 saturated heterocycles. The van der Waals surface area contributed by atoms with Crippen molar-refractivity contribution >= 4 is 8.05 Å². The number of alkyl halides is 3. The van der Waals surface area contributed by atoms with Gasteiger partial charge in [0.15, 0.2) is 0 Å². The van der Waals surface area contributed by atoms with Gasteiger partial charge in [-0.15, -0.1) is 0 Å². The maximum Gasteiger partial charge on any atom is 0.416 e. The average Bonchev–Trinajstić information content (AvgIpc) is 2.08. The van der Waals surface area contributed by atoms with E-state index in [9.17, 15) is 13.2 Å². The zero-order valence-electron chi connectivity index (χ0n) is 6.05. The minimum atomic E-state index is -4.21. The highest BCUT2D eigenvalue weighted by Crippen LogP contribution is 2.28. The van der Waals surface area contributed by atoms with Gasteiger partial charge in [0.25, 0.3) is 8.05 Å². The molecular formula is C7H6BF3O. The summed E-state index contributed by atoms with van der Waals surface area (Å²) in [6.07, 6.45) is -4.21. The van der Waals surface area contributed by atoms with E-state index in [2.05, 4.69) is 8.05 Å². The fraction of sp³-hybridized carbons (Fsp3) is 0.143. The fourth-order valence-electron chi connectivity index (χ4n) is 0.627. The summed E-state index contributed by atoms with van der Waals surface area (Å²) in [5.74, 6) is 0. The van der Waals surface area contributed by atoms with E-state index in [1.165, 1.54) is 12.1 Å². The molecule has 1 aromatic carbocycles. The number of hydrogen-bond donors (Lipinski definition) is 1. The molecule has 0 aliphatic carbocycles. The quantitative estimate of drug-likeness (QED) is 0.594. The van der Waals surface area contributed by atoms with E-state index in [4.69, 9.17) is 5.02 Å². The largest absolute Gasteiger partial charge is 0.461 e. The van der Waals surface area contributed by atoms with Crippen molar-refractivity contribution < 1.29 is 18.2 Å². The second-order valence-corrected chi connectivity index (χ2v) is 1.86. The molecule has 0 heterocycles. The van der Waals surface area contributed by atoms with Gasteiger partial charge in [-0.2, -0.15) is 13.2 Å². The Morgan fingerprint density at radius 1 is 1.00 bits per heavy atom. The first-order valence-electron chi connectivity index (χ1n) is 2.99. The van der Waals surface area contributed by atoms with Crippen molar-refractivity contribution in [2.75, 3.05) is 0 Å². The molecule has 5 heteroatoms. The van der Waals surface area contributed by atoms with Crippen LogP contribution < -0.4 is 0 Å². The van der Waals surface area contributed by atoms with Crippen molar-refractivity contribution in [3.05, 3.63) is 35.9 Å². The molecule has 0 atom stereocenters. The fourth-order valence-corrected chi connectivity index (χ4v) is 0.627. The highest BCUT2D eigenvalue weighted by Gasteiger charge is 2.29. The molecule has 0 aliphatic heterocycles. The Hall–Kier alpha value is -0.965. The maximum absolute atomic E-state index is 11.8. The molecule has 2 radical (unpaired) electrons. The summed E-state index contributed by atoms with van der Waals surface area (Å²) in [4.78, 5) is 0. The standard InChI is InChI=1S/C7H5F3.BHO/c8-7(9,10)6-4-2-1-3-5-6;1-2/h1-5H;2H. The molecule has 0 spiro atoms. The first-order valence-corrected chi connectivity index (χ1v) is 2.99. The Morgan fingerprint density at radius 3 is 1.67 bits per heavy atom. The number of halogens is 3. The summed E-state index contributed by atoms with van der Waals surface area (Å²) < 4.78 is 35.4. The summed E-state index contributed by atoms with van der Waals surface area (Å²) >= 11 is 0. The van der Waals surface area contributed by atoms with Crippen LogP contribution in [-0.4, -0.2) is 13.1 Å². The summed E-state index contributed by atoms with van der Waals surface area (Å²) in [5, 5.41) is 6.50. The second kappa shape index (κ2) is 4.82. The van der Waals surface area contributed by atoms with Crippen molar-refractivity contribution in [3.8, 4) is 0 Å². The molecule has 1 nitrogen and oxygen atoms in total. The number of hydrogen-bond acceptors (Lipinski definition) is 1. The summed E-state index contributed by atoms with van der Waals surface area (Å²) in [7, 11) is 3.50. The van der Waals surface area contributed by atoms with Crippen molar-refractivity contribution in [1.29, 1.82) is 0 Å². The highest BCUT2D eigenvalue weighted by atomic mass is 19.4. The second-order valence-electron chi connectivity index (χ2n) is 1.86. The van der Waals surface area contributed by atoms with Crippen LogP contribution in [0.1, 0.15) is 5.56 Å². The van der Waals surface area contributed by atoms with Crippen LogP contribution in [0.4, 0.5) is 13.2 Å². The first kappa shape index (κ1) is 11.0. The minimum absolute atomic E-state index is 0.602. The van der Waals surface area contributed by atoms with Gasteiger partial charge in [-0.1, -0.05) is 30.3 Å². The lowest BCUT2D eigenvalue weighted by atomic mass is 10.2. The molecule has 0 bridgehead atoms. The molecule has 0 fully saturated rings. The van der Waals surface area contributed by atoms with E-state index in [1.54, 1.807) is 6.07 Å². The Morgan fingerprint density at radius 2 is 1.42 bits per heavy atom. The molecular weight excluding hydrogens is 168 g/mol. The molecule has 0 aliphatic rings. The van der Waals surface area contributed by atoms with Crippen LogP contribution in [0.2, 0.25) is 0 Å². The lowest BCUT2D eigenvalue weighted by molar-refractivity contribution is -0.137. The van der Waals surface area contributed by atoms with Gasteiger partial charge in [0.1, 0.15) is 0 Å². The molecule has 0 unspecified atom stereocenters. The van der Waals surface area contributed by atoms with Gasteiger partial charge in [0.2, 0.25) is 0 Å². The molecule has 0 saturated carbocycles. The Kier molecular flexibility index (Phi) is 4.43. The van der Waals surface area contributed by atoms with Crippen molar-refractivity contribution in [2.45, 2.75) is 6.18 Å². The molecule has 64 valence electrons. The monoisotopic (exact) mass is 174 g/mol. The Labute approximate surface area is 69.3 Å². The van der Waals surface area contributed by atoms with Crippen LogP contribution in [-0.2, 0) is 6.18 Å². The van der Waals surface area contributed by atoms with Crippen LogP contribution in [0.15, 0.2) is 30.3 Å². The third-order valence-corrected chi connectivity index (χ3v) is 1.10. The smallest absolute Gasteiger partial charge is 0.416 e. The van der Waals surface area contributed by atoms with Gasteiger partial charge in [-0.05, 0) is 0 Å². The predicted octanol–water partition coefficient (Wildman–Crippen LogP) is 1.77. The van der Waals surface area contributed by atoms with Crippen LogP contribution in [0.25, 0.3) is 0 Å². The van der Waals surface area contributed by atoms with Crippen molar-refractivity contribution in [2.24, 2.45) is 0 Å². The van der Waals surface area contributed by atoms with Gasteiger partial charge in [-0.25, -0.2) is 0 Å². The number of benzene rings is 1. The lowest BCUT2D eigenvalue weighted by Gasteiger charge is -2.03. The van der Waals surface area contributed by atoms with Crippen LogP contribution in [0.5, 0.6) is 0 Å². The number of rotatable bonds is 0. The summed E-state index contributed by atoms with van der Waals surface area (Å²) in [6, 6.07) is 6.36. The molecule has 1 N–H and O–H groups in total. The molecule has 12 heavy (non-hydrogen) atoms. The van der Waals surface area contributed by atoms with E-state index < -0.39 is 11.7 Å². The normalized spacial score (nSPS) is 10.0. The van der Waals surface area contributed by atoms with Crippen LogP contribution in [0.3, 0.4) is 0 Å². The van der Waals surface area contributed by atoms with Gasteiger partial charge in [0.05, 0.1) is 5.56 Å². The third kappa shape index (κ3) is 3.43. The third-order valence-electron chi connectivity index (χ3n) is 1.10. The summed E-state index contributed by atoms with van der Waals surface area (Å²) in [6.45, 7) is 0. The van der Waals surface area contributed by atoms with Gasteiger partial charge >= 0.3 is 6.18 Å². The Bertz CT molecular complexity index is 210. The molecule has 1 rings (SSSR count). The molecule has 1 aromatic rings. The van der Waals surface area contributed by atoms with E-state index in [0.717, 1.165) is 12.1 Å². The predicted molar refractivity (Wildman–Crippen MR) is 39.4 cm³/mol. The van der Waals surface area contributed by atoms with Gasteiger partial charge in [-0.3, -0.25) is 0 Å². The zero-order chi connectivity index (χ0) is 9.61. The van der Waals surface area contributed by atoms with E-state index in [1.807, 2.05) is 0 Å². The highest BCUT2D eigenvalue weighted by molar-refractivity contribution is 5.95. The summed E-state index contributed by atoms with van der Waals surface area (Å²) in [5.41, 5.74) is -0.602. The van der Waals surface area contributed by atoms with Gasteiger partial charge < -0.3 is 5.02 Å². The van der Waals surface area contributed by atoms with Crippen LogP contribution >= 0.6 is 0 Å². The van der Waals surface area contributed by atoms with E-state index in [0.29, 0.717) is 0 Å². The topological polar surface area (TPSA) is 20.2 Å². The van der Waals surface area contributed by atoms with E-state index >= 15 is 0 Å². The average molecular weight is 174 g/mol. The molecule has 0 aromatic heterocycles. The lowest BCUT2D eigenvalue weighted by Crippen LogP contribution is -2.03.